The van der Waals surface area contributed by atoms with E-state index in [0.717, 1.165) is 6.07 Å². The third-order valence-corrected chi connectivity index (χ3v) is 5.68. The summed E-state index contributed by atoms with van der Waals surface area (Å²) in [7, 11) is -2.26. The molecule has 1 aromatic carbocycles. The van der Waals surface area contributed by atoms with Crippen LogP contribution in [0.4, 0.5) is 14.5 Å². The van der Waals surface area contributed by atoms with Crippen LogP contribution in [0.15, 0.2) is 32.9 Å². The van der Waals surface area contributed by atoms with Crippen LogP contribution in [0.2, 0.25) is 0 Å². The molecule has 0 aliphatic heterocycles. The number of benzene rings is 1. The van der Waals surface area contributed by atoms with E-state index in [0.29, 0.717) is 17.5 Å². The monoisotopic (exact) mass is 396 g/mol. The van der Waals surface area contributed by atoms with Gasteiger partial charge in [-0.2, -0.15) is 0 Å². The standard InChI is InChI=1S/C12H11BrF2N2O2S2/c1-16-6-10-11(2-3-20-10)21(18,19)17-12-8(13)4-7(14)5-9(12)15/h2-5,16-17H,6H2,1H3. The van der Waals surface area contributed by atoms with Crippen molar-refractivity contribution in [3.63, 3.8) is 0 Å². The first-order chi connectivity index (χ1) is 9.85. The van der Waals surface area contributed by atoms with Crippen molar-refractivity contribution in [1.29, 1.82) is 0 Å². The molecule has 4 nitrogen and oxygen atoms in total. The molecule has 0 aliphatic rings. The number of rotatable bonds is 5. The average Bonchev–Trinajstić information content (AvgIpc) is 2.83. The maximum Gasteiger partial charge on any atom is 0.263 e. The van der Waals surface area contributed by atoms with E-state index in [-0.39, 0.29) is 15.1 Å². The van der Waals surface area contributed by atoms with Gasteiger partial charge in [0.2, 0.25) is 0 Å². The molecule has 1 heterocycles. The largest absolute Gasteiger partial charge is 0.315 e. The van der Waals surface area contributed by atoms with Crippen LogP contribution in [0, 0.1) is 11.6 Å². The first-order valence-corrected chi connectivity index (χ1v) is 8.89. The number of hydrogen-bond donors (Lipinski definition) is 2. The molecule has 21 heavy (non-hydrogen) atoms. The Morgan fingerprint density at radius 1 is 1.33 bits per heavy atom. The van der Waals surface area contributed by atoms with E-state index in [1.165, 1.54) is 17.4 Å². The second kappa shape index (κ2) is 6.39. The highest BCUT2D eigenvalue weighted by molar-refractivity contribution is 9.10. The second-order valence-electron chi connectivity index (χ2n) is 4.09. The summed E-state index contributed by atoms with van der Waals surface area (Å²) in [4.78, 5) is 0.668. The molecule has 0 saturated carbocycles. The molecule has 0 unspecified atom stereocenters. The third kappa shape index (κ3) is 3.60. The van der Waals surface area contributed by atoms with Gasteiger partial charge in [0.05, 0.1) is 5.69 Å². The predicted molar refractivity (Wildman–Crippen MR) is 81.9 cm³/mol. The van der Waals surface area contributed by atoms with Crippen LogP contribution in [-0.2, 0) is 16.6 Å². The summed E-state index contributed by atoms with van der Waals surface area (Å²) in [5, 5.41) is 4.50. The van der Waals surface area contributed by atoms with Gasteiger partial charge in [-0.05, 0) is 40.5 Å². The Hall–Kier alpha value is -1.03. The lowest BCUT2D eigenvalue weighted by molar-refractivity contribution is 0.581. The fourth-order valence-corrected chi connectivity index (χ4v) is 4.87. The van der Waals surface area contributed by atoms with E-state index in [1.54, 1.807) is 12.4 Å². The SMILES string of the molecule is CNCc1sccc1S(=O)(=O)Nc1c(F)cc(F)cc1Br. The van der Waals surface area contributed by atoms with Gasteiger partial charge in [-0.25, -0.2) is 17.2 Å². The molecular weight excluding hydrogens is 386 g/mol. The minimum absolute atomic E-state index is 0.00558. The predicted octanol–water partition coefficient (Wildman–Crippen LogP) is 3.31. The van der Waals surface area contributed by atoms with Crippen LogP contribution in [0.1, 0.15) is 4.88 Å². The molecule has 2 aromatic rings. The number of sulfonamides is 1. The van der Waals surface area contributed by atoms with Crippen LogP contribution < -0.4 is 10.0 Å². The minimum atomic E-state index is -3.95. The molecule has 2 rings (SSSR count). The summed E-state index contributed by atoms with van der Waals surface area (Å²) in [6, 6.07) is 3.04. The lowest BCUT2D eigenvalue weighted by Gasteiger charge is -2.11. The normalized spacial score (nSPS) is 11.6. The van der Waals surface area contributed by atoms with Crippen molar-refractivity contribution in [2.45, 2.75) is 11.4 Å². The van der Waals surface area contributed by atoms with Crippen LogP contribution in [0.3, 0.4) is 0 Å². The molecule has 2 N–H and O–H groups in total. The molecule has 0 atom stereocenters. The first-order valence-electron chi connectivity index (χ1n) is 5.73. The Balaban J connectivity index is 2.40. The Kier molecular flexibility index (Phi) is 4.97. The van der Waals surface area contributed by atoms with Gasteiger partial charge in [0, 0.05) is 22.0 Å². The van der Waals surface area contributed by atoms with Crippen LogP contribution in [-0.4, -0.2) is 15.5 Å². The molecule has 1 aromatic heterocycles. The van der Waals surface area contributed by atoms with E-state index in [4.69, 9.17) is 0 Å². The second-order valence-corrected chi connectivity index (χ2v) is 7.59. The number of anilines is 1. The van der Waals surface area contributed by atoms with E-state index in [1.807, 2.05) is 0 Å². The zero-order valence-electron chi connectivity index (χ0n) is 10.8. The summed E-state index contributed by atoms with van der Waals surface area (Å²) >= 11 is 4.22. The molecular formula is C12H11BrF2N2O2S2. The van der Waals surface area contributed by atoms with Crippen LogP contribution >= 0.6 is 27.3 Å². The van der Waals surface area contributed by atoms with E-state index >= 15 is 0 Å². The Bertz CT molecular complexity index is 739. The van der Waals surface area contributed by atoms with E-state index < -0.39 is 21.7 Å². The third-order valence-electron chi connectivity index (χ3n) is 2.57. The van der Waals surface area contributed by atoms with Gasteiger partial charge in [0.1, 0.15) is 10.7 Å². The maximum absolute atomic E-state index is 13.7. The van der Waals surface area contributed by atoms with Crippen LogP contribution in [0.5, 0.6) is 0 Å². The van der Waals surface area contributed by atoms with Gasteiger partial charge >= 0.3 is 0 Å². The lowest BCUT2D eigenvalue weighted by atomic mass is 10.3. The van der Waals surface area contributed by atoms with Crippen molar-refractivity contribution in [2.24, 2.45) is 0 Å². The average molecular weight is 397 g/mol. The molecule has 0 saturated heterocycles. The van der Waals surface area contributed by atoms with Crippen molar-refractivity contribution >= 4 is 43.0 Å². The van der Waals surface area contributed by atoms with Crippen molar-refractivity contribution in [1.82, 2.24) is 5.32 Å². The van der Waals surface area contributed by atoms with Crippen molar-refractivity contribution in [2.75, 3.05) is 11.8 Å². The maximum atomic E-state index is 13.7. The molecule has 0 aliphatic carbocycles. The molecule has 9 heteroatoms. The van der Waals surface area contributed by atoms with Gasteiger partial charge in [0.15, 0.2) is 5.82 Å². The minimum Gasteiger partial charge on any atom is -0.315 e. The highest BCUT2D eigenvalue weighted by atomic mass is 79.9. The van der Waals surface area contributed by atoms with E-state index in [2.05, 4.69) is 26.0 Å². The summed E-state index contributed by atoms with van der Waals surface area (Å²) in [6.45, 7) is 0.376. The number of thiophene rings is 1. The Morgan fingerprint density at radius 2 is 2.05 bits per heavy atom. The number of hydrogen-bond acceptors (Lipinski definition) is 4. The quantitative estimate of drug-likeness (QED) is 0.814. The summed E-state index contributed by atoms with van der Waals surface area (Å²) in [6.07, 6.45) is 0. The van der Waals surface area contributed by atoms with E-state index in [9.17, 15) is 17.2 Å². The smallest absolute Gasteiger partial charge is 0.263 e. The van der Waals surface area contributed by atoms with Gasteiger partial charge in [-0.1, -0.05) is 0 Å². The lowest BCUT2D eigenvalue weighted by Crippen LogP contribution is -2.17. The fourth-order valence-electron chi connectivity index (χ4n) is 1.69. The van der Waals surface area contributed by atoms with Crippen LogP contribution in [0.25, 0.3) is 0 Å². The Morgan fingerprint density at radius 3 is 2.67 bits per heavy atom. The zero-order valence-corrected chi connectivity index (χ0v) is 14.0. The van der Waals surface area contributed by atoms with Gasteiger partial charge in [0.25, 0.3) is 10.0 Å². The van der Waals surface area contributed by atoms with Gasteiger partial charge in [-0.3, -0.25) is 4.72 Å². The zero-order chi connectivity index (χ0) is 15.6. The van der Waals surface area contributed by atoms with Crippen molar-refractivity contribution in [3.05, 3.63) is 44.6 Å². The fraction of sp³-hybridized carbons (Fsp3) is 0.167. The highest BCUT2D eigenvalue weighted by Gasteiger charge is 2.22. The molecule has 0 amide bonds. The molecule has 0 fully saturated rings. The molecule has 114 valence electrons. The van der Waals surface area contributed by atoms with Crippen molar-refractivity contribution < 1.29 is 17.2 Å². The summed E-state index contributed by atoms with van der Waals surface area (Å²) in [5.41, 5.74) is -0.321. The van der Waals surface area contributed by atoms with Gasteiger partial charge in [-0.15, -0.1) is 11.3 Å². The number of halogens is 3. The molecule has 0 spiro atoms. The van der Waals surface area contributed by atoms with Crippen molar-refractivity contribution in [3.8, 4) is 0 Å². The topological polar surface area (TPSA) is 58.2 Å². The number of nitrogens with one attached hydrogen (secondary N) is 2. The van der Waals surface area contributed by atoms with Gasteiger partial charge < -0.3 is 5.32 Å². The summed E-state index contributed by atoms with van der Waals surface area (Å²) < 4.78 is 53.6. The Labute approximate surface area is 133 Å². The first kappa shape index (κ1) is 16.3. The highest BCUT2D eigenvalue weighted by Crippen LogP contribution is 2.30. The summed E-state index contributed by atoms with van der Waals surface area (Å²) in [5.74, 6) is -1.79. The molecule has 0 bridgehead atoms. The molecule has 0 radical (unpaired) electrons.